The molecule has 3 rings (SSSR count). The third-order valence-electron chi connectivity index (χ3n) is 3.70. The maximum atomic E-state index is 12.3. The van der Waals surface area contributed by atoms with E-state index in [1.165, 1.54) is 13.2 Å². The van der Waals surface area contributed by atoms with E-state index in [1.807, 2.05) is 6.07 Å². The van der Waals surface area contributed by atoms with Crippen molar-refractivity contribution in [1.29, 1.82) is 0 Å². The number of carbonyl (C=O) groups excluding carboxylic acids is 3. The molecule has 0 aliphatic carbocycles. The number of amides is 2. The summed E-state index contributed by atoms with van der Waals surface area (Å²) in [5, 5.41) is 12.5. The van der Waals surface area contributed by atoms with E-state index < -0.39 is 17.8 Å². The number of ether oxygens (including phenoxy) is 1. The number of H-pyrrole nitrogens is 1. The molecule has 3 aromatic rings. The molecule has 0 bridgehead atoms. The van der Waals surface area contributed by atoms with Crippen LogP contribution in [-0.2, 0) is 9.53 Å². The molecular formula is C18H16N4O4. The summed E-state index contributed by atoms with van der Waals surface area (Å²) < 4.78 is 4.67. The zero-order chi connectivity index (χ0) is 18.5. The van der Waals surface area contributed by atoms with Crippen molar-refractivity contribution in [2.24, 2.45) is 0 Å². The van der Waals surface area contributed by atoms with E-state index in [2.05, 4.69) is 25.6 Å². The topological polar surface area (TPSA) is 113 Å². The monoisotopic (exact) mass is 352 g/mol. The number of carbonyl (C=O) groups is 3. The molecule has 0 saturated heterocycles. The Bertz CT molecular complexity index is 980. The Balaban J connectivity index is 1.65. The summed E-state index contributed by atoms with van der Waals surface area (Å²) in [6.07, 6.45) is 0. The molecule has 8 nitrogen and oxygen atoms in total. The predicted octanol–water partition coefficient (Wildman–Crippen LogP) is 1.72. The van der Waals surface area contributed by atoms with Gasteiger partial charge >= 0.3 is 5.97 Å². The van der Waals surface area contributed by atoms with E-state index in [0.29, 0.717) is 11.1 Å². The second-order valence-electron chi connectivity index (χ2n) is 5.39. The number of benzene rings is 2. The molecular weight excluding hydrogens is 336 g/mol. The molecule has 0 saturated carbocycles. The van der Waals surface area contributed by atoms with Gasteiger partial charge in [-0.25, -0.2) is 4.79 Å². The molecule has 2 aromatic carbocycles. The smallest absolute Gasteiger partial charge is 0.339 e. The zero-order valence-electron chi connectivity index (χ0n) is 13.9. The molecule has 0 unspecified atom stereocenters. The highest BCUT2D eigenvalue weighted by molar-refractivity contribution is 6.07. The van der Waals surface area contributed by atoms with Crippen LogP contribution >= 0.6 is 0 Å². The van der Waals surface area contributed by atoms with Gasteiger partial charge in [0.25, 0.3) is 5.91 Å². The van der Waals surface area contributed by atoms with Crippen LogP contribution < -0.4 is 10.6 Å². The molecule has 2 amide bonds. The van der Waals surface area contributed by atoms with Gasteiger partial charge < -0.3 is 15.4 Å². The molecule has 1 aromatic heterocycles. The summed E-state index contributed by atoms with van der Waals surface area (Å²) in [6.45, 7) is -0.268. The molecule has 3 N–H and O–H groups in total. The minimum atomic E-state index is -0.562. The van der Waals surface area contributed by atoms with Crippen LogP contribution in [0.15, 0.2) is 48.5 Å². The maximum Gasteiger partial charge on any atom is 0.339 e. The van der Waals surface area contributed by atoms with Crippen molar-refractivity contribution in [3.63, 3.8) is 0 Å². The highest BCUT2D eigenvalue weighted by atomic mass is 16.5. The number of para-hydroxylation sites is 2. The number of nitrogens with zero attached hydrogens (tertiary/aromatic N) is 1. The Morgan fingerprint density at radius 1 is 1.08 bits per heavy atom. The molecule has 0 spiro atoms. The summed E-state index contributed by atoms with van der Waals surface area (Å²) in [4.78, 5) is 36.1. The largest absolute Gasteiger partial charge is 0.465 e. The van der Waals surface area contributed by atoms with E-state index in [9.17, 15) is 14.4 Å². The summed E-state index contributed by atoms with van der Waals surface area (Å²) in [7, 11) is 1.26. The van der Waals surface area contributed by atoms with Crippen LogP contribution in [0.4, 0.5) is 5.69 Å². The second-order valence-corrected chi connectivity index (χ2v) is 5.39. The molecule has 26 heavy (non-hydrogen) atoms. The molecule has 0 aliphatic rings. The fourth-order valence-corrected chi connectivity index (χ4v) is 2.46. The standard InChI is InChI=1S/C18H16N4O4/c1-26-18(25)12-7-3-4-8-13(12)20-15(23)10-19-17(24)16-11-6-2-5-9-14(11)21-22-16/h2-9H,10H2,1H3,(H,19,24)(H,20,23)(H,21,22). The first-order valence-corrected chi connectivity index (χ1v) is 7.78. The van der Waals surface area contributed by atoms with Crippen LogP contribution in [0.2, 0.25) is 0 Å². The van der Waals surface area contributed by atoms with Gasteiger partial charge in [-0.1, -0.05) is 30.3 Å². The van der Waals surface area contributed by atoms with Gasteiger partial charge in [0, 0.05) is 5.39 Å². The van der Waals surface area contributed by atoms with Crippen molar-refractivity contribution < 1.29 is 19.1 Å². The lowest BCUT2D eigenvalue weighted by atomic mass is 10.2. The fourth-order valence-electron chi connectivity index (χ4n) is 2.46. The first-order chi connectivity index (χ1) is 12.6. The Morgan fingerprint density at radius 3 is 2.62 bits per heavy atom. The van der Waals surface area contributed by atoms with Crippen LogP contribution in [0.3, 0.4) is 0 Å². The van der Waals surface area contributed by atoms with Gasteiger partial charge in [-0.2, -0.15) is 5.10 Å². The van der Waals surface area contributed by atoms with Crippen molar-refractivity contribution in [3.05, 3.63) is 59.8 Å². The van der Waals surface area contributed by atoms with E-state index in [1.54, 1.807) is 36.4 Å². The Morgan fingerprint density at radius 2 is 1.81 bits per heavy atom. The van der Waals surface area contributed by atoms with Crippen molar-refractivity contribution in [3.8, 4) is 0 Å². The fraction of sp³-hybridized carbons (Fsp3) is 0.111. The van der Waals surface area contributed by atoms with E-state index >= 15 is 0 Å². The number of aromatic nitrogens is 2. The van der Waals surface area contributed by atoms with Crippen molar-refractivity contribution in [2.45, 2.75) is 0 Å². The van der Waals surface area contributed by atoms with Crippen molar-refractivity contribution in [1.82, 2.24) is 15.5 Å². The number of anilines is 1. The van der Waals surface area contributed by atoms with Crippen LogP contribution in [0, 0.1) is 0 Å². The van der Waals surface area contributed by atoms with Gasteiger partial charge in [0.15, 0.2) is 5.69 Å². The molecule has 0 atom stereocenters. The number of rotatable bonds is 5. The SMILES string of the molecule is COC(=O)c1ccccc1NC(=O)CNC(=O)c1n[nH]c2ccccc12. The highest BCUT2D eigenvalue weighted by Gasteiger charge is 2.16. The number of aromatic amines is 1. The minimum Gasteiger partial charge on any atom is -0.465 e. The van der Waals surface area contributed by atoms with Gasteiger partial charge in [0.2, 0.25) is 5.91 Å². The Kier molecular flexibility index (Phi) is 4.93. The van der Waals surface area contributed by atoms with Crippen LogP contribution in [0.5, 0.6) is 0 Å². The number of methoxy groups -OCH3 is 1. The average molecular weight is 352 g/mol. The molecule has 0 aliphatic heterocycles. The third-order valence-corrected chi connectivity index (χ3v) is 3.70. The lowest BCUT2D eigenvalue weighted by molar-refractivity contribution is -0.115. The van der Waals surface area contributed by atoms with Crippen LogP contribution in [-0.4, -0.2) is 41.6 Å². The molecule has 8 heteroatoms. The predicted molar refractivity (Wildman–Crippen MR) is 94.8 cm³/mol. The Labute approximate surface area is 148 Å². The van der Waals surface area contributed by atoms with E-state index in [4.69, 9.17) is 0 Å². The quantitative estimate of drug-likeness (QED) is 0.605. The lowest BCUT2D eigenvalue weighted by Crippen LogP contribution is -2.33. The summed E-state index contributed by atoms with van der Waals surface area (Å²) in [5.41, 5.74) is 1.48. The summed E-state index contributed by atoms with van der Waals surface area (Å²) >= 11 is 0. The van der Waals surface area contributed by atoms with Crippen LogP contribution in [0.25, 0.3) is 10.9 Å². The van der Waals surface area contributed by atoms with Crippen molar-refractivity contribution >= 4 is 34.4 Å². The first-order valence-electron chi connectivity index (χ1n) is 7.78. The first kappa shape index (κ1) is 17.2. The zero-order valence-corrected chi connectivity index (χ0v) is 13.9. The third kappa shape index (κ3) is 3.54. The molecule has 0 radical (unpaired) electrons. The Hall–Kier alpha value is -3.68. The normalized spacial score (nSPS) is 10.3. The van der Waals surface area contributed by atoms with Gasteiger partial charge in [-0.3, -0.25) is 14.7 Å². The van der Waals surface area contributed by atoms with Crippen molar-refractivity contribution in [2.75, 3.05) is 19.0 Å². The number of esters is 1. The van der Waals surface area contributed by atoms with E-state index in [0.717, 1.165) is 5.52 Å². The van der Waals surface area contributed by atoms with Crippen LogP contribution in [0.1, 0.15) is 20.8 Å². The number of nitrogens with one attached hydrogen (secondary N) is 3. The van der Waals surface area contributed by atoms with Gasteiger partial charge in [0.1, 0.15) is 0 Å². The lowest BCUT2D eigenvalue weighted by Gasteiger charge is -2.10. The molecule has 0 fully saturated rings. The summed E-state index contributed by atoms with van der Waals surface area (Å²) in [6, 6.07) is 13.6. The number of fused-ring (bicyclic) bond motifs is 1. The maximum absolute atomic E-state index is 12.3. The van der Waals surface area contributed by atoms with E-state index in [-0.39, 0.29) is 17.8 Å². The number of hydrogen-bond donors (Lipinski definition) is 3. The van der Waals surface area contributed by atoms with Gasteiger partial charge in [-0.05, 0) is 18.2 Å². The van der Waals surface area contributed by atoms with Gasteiger partial charge in [0.05, 0.1) is 30.4 Å². The minimum absolute atomic E-state index is 0.211. The highest BCUT2D eigenvalue weighted by Crippen LogP contribution is 2.16. The second kappa shape index (κ2) is 7.47. The molecule has 1 heterocycles. The summed E-state index contributed by atoms with van der Waals surface area (Å²) in [5.74, 6) is -1.51. The van der Waals surface area contributed by atoms with Gasteiger partial charge in [-0.15, -0.1) is 0 Å². The average Bonchev–Trinajstić information content (AvgIpc) is 3.10. The number of hydrogen-bond acceptors (Lipinski definition) is 5. The molecule has 132 valence electrons.